The maximum atomic E-state index is 13.3. The average Bonchev–Trinajstić information content (AvgIpc) is 2.63. The zero-order valence-corrected chi connectivity index (χ0v) is 14.6. The summed E-state index contributed by atoms with van der Waals surface area (Å²) < 4.78 is 26.3. The molecule has 1 aliphatic rings. The van der Waals surface area contributed by atoms with Gasteiger partial charge in [0.2, 0.25) is 0 Å². The van der Waals surface area contributed by atoms with Crippen LogP contribution in [0.2, 0.25) is 5.02 Å². The van der Waals surface area contributed by atoms with E-state index in [1.54, 1.807) is 24.3 Å². The molecule has 134 valence electrons. The Balaban J connectivity index is 1.66. The number of carbonyl (C=O) groups excluding carboxylic acids is 1. The molecule has 3 nitrogen and oxygen atoms in total. The molecule has 26 heavy (non-hydrogen) atoms. The van der Waals surface area contributed by atoms with Crippen molar-refractivity contribution in [3.8, 4) is 11.8 Å². The lowest BCUT2D eigenvalue weighted by molar-refractivity contribution is 0.0248. The van der Waals surface area contributed by atoms with E-state index >= 15 is 0 Å². The third-order valence-electron chi connectivity index (χ3n) is 4.31. The summed E-state index contributed by atoms with van der Waals surface area (Å²) in [7, 11) is 0. The van der Waals surface area contributed by atoms with Crippen molar-refractivity contribution in [2.75, 3.05) is 13.1 Å². The molecule has 1 aliphatic heterocycles. The van der Waals surface area contributed by atoms with Gasteiger partial charge in [0.25, 0.3) is 5.91 Å². The molecular formula is C20H16ClF2NO2. The van der Waals surface area contributed by atoms with Crippen molar-refractivity contribution in [3.63, 3.8) is 0 Å². The van der Waals surface area contributed by atoms with Gasteiger partial charge in [-0.15, -0.1) is 0 Å². The lowest BCUT2D eigenvalue weighted by Crippen LogP contribution is -2.46. The van der Waals surface area contributed by atoms with Gasteiger partial charge in [-0.25, -0.2) is 8.78 Å². The number of rotatable bonds is 1. The fourth-order valence-corrected chi connectivity index (χ4v) is 2.96. The van der Waals surface area contributed by atoms with Gasteiger partial charge in [-0.3, -0.25) is 4.79 Å². The summed E-state index contributed by atoms with van der Waals surface area (Å²) in [6.45, 7) is 0.553. The number of benzene rings is 2. The zero-order chi connectivity index (χ0) is 18.7. The molecule has 0 spiro atoms. The van der Waals surface area contributed by atoms with Crippen molar-refractivity contribution >= 4 is 17.5 Å². The smallest absolute Gasteiger partial charge is 0.253 e. The lowest BCUT2D eigenvalue weighted by atomic mass is 9.91. The van der Waals surface area contributed by atoms with Crippen molar-refractivity contribution in [1.29, 1.82) is 0 Å². The van der Waals surface area contributed by atoms with Crippen LogP contribution in [0.5, 0.6) is 0 Å². The van der Waals surface area contributed by atoms with Crippen LogP contribution < -0.4 is 0 Å². The monoisotopic (exact) mass is 375 g/mol. The van der Waals surface area contributed by atoms with Crippen molar-refractivity contribution in [2.24, 2.45) is 0 Å². The summed E-state index contributed by atoms with van der Waals surface area (Å²) >= 11 is 5.91. The number of aliphatic hydroxyl groups is 1. The Bertz CT molecular complexity index is 896. The Morgan fingerprint density at radius 3 is 2.50 bits per heavy atom. The summed E-state index contributed by atoms with van der Waals surface area (Å²) in [6, 6.07) is 10.1. The first-order chi connectivity index (χ1) is 12.4. The van der Waals surface area contributed by atoms with Crippen LogP contribution in [0, 0.1) is 23.5 Å². The molecule has 3 rings (SSSR count). The first-order valence-electron chi connectivity index (χ1n) is 8.12. The van der Waals surface area contributed by atoms with Crippen LogP contribution in [0.15, 0.2) is 42.5 Å². The molecule has 1 amide bonds. The Morgan fingerprint density at radius 2 is 1.85 bits per heavy atom. The highest BCUT2D eigenvalue weighted by Crippen LogP contribution is 2.23. The van der Waals surface area contributed by atoms with Crippen LogP contribution in [0.4, 0.5) is 8.78 Å². The number of piperidine rings is 1. The average molecular weight is 376 g/mol. The van der Waals surface area contributed by atoms with Crippen molar-refractivity contribution in [3.05, 3.63) is 70.2 Å². The number of amides is 1. The number of hydrogen-bond acceptors (Lipinski definition) is 2. The van der Waals surface area contributed by atoms with Gasteiger partial charge in [-0.05, 0) is 36.4 Å². The van der Waals surface area contributed by atoms with Crippen LogP contribution in [0.25, 0.3) is 0 Å². The zero-order valence-electron chi connectivity index (χ0n) is 13.8. The summed E-state index contributed by atoms with van der Waals surface area (Å²) in [6.07, 6.45) is 0.548. The summed E-state index contributed by atoms with van der Waals surface area (Å²) in [5.41, 5.74) is -0.418. The Morgan fingerprint density at radius 1 is 1.12 bits per heavy atom. The molecule has 1 fully saturated rings. The van der Waals surface area contributed by atoms with Crippen LogP contribution in [-0.2, 0) is 0 Å². The quantitative estimate of drug-likeness (QED) is 0.773. The molecule has 1 heterocycles. The van der Waals surface area contributed by atoms with E-state index in [0.717, 1.165) is 12.1 Å². The van der Waals surface area contributed by atoms with E-state index in [4.69, 9.17) is 11.6 Å². The summed E-state index contributed by atoms with van der Waals surface area (Å²) in [4.78, 5) is 13.9. The molecule has 1 N–H and O–H groups in total. The predicted molar refractivity (Wildman–Crippen MR) is 94.8 cm³/mol. The van der Waals surface area contributed by atoms with Crippen LogP contribution in [0.3, 0.4) is 0 Å². The minimum absolute atomic E-state index is 0.0827. The van der Waals surface area contributed by atoms with Crippen LogP contribution in [-0.4, -0.2) is 34.6 Å². The standard InChI is InChI=1S/C20H16ClF2NO2/c21-16-3-1-2-14(12-16)6-7-20(26)8-10-24(11-9-20)19(25)15-4-5-17(22)18(23)13-15/h1-5,12-13,26H,8-11H2. The topological polar surface area (TPSA) is 40.5 Å². The van der Waals surface area contributed by atoms with Gasteiger partial charge in [0.05, 0.1) is 0 Å². The lowest BCUT2D eigenvalue weighted by Gasteiger charge is -2.35. The highest BCUT2D eigenvalue weighted by molar-refractivity contribution is 6.30. The van der Waals surface area contributed by atoms with Gasteiger partial charge in [0.1, 0.15) is 5.60 Å². The Labute approximate surface area is 155 Å². The molecule has 0 aromatic heterocycles. The molecule has 0 saturated carbocycles. The number of nitrogens with zero attached hydrogens (tertiary/aromatic N) is 1. The molecule has 0 radical (unpaired) electrons. The van der Waals surface area contributed by atoms with E-state index in [0.29, 0.717) is 10.6 Å². The molecule has 2 aromatic carbocycles. The fourth-order valence-electron chi connectivity index (χ4n) is 2.77. The second-order valence-corrected chi connectivity index (χ2v) is 6.65. The molecule has 2 aromatic rings. The van der Waals surface area contributed by atoms with E-state index in [2.05, 4.69) is 11.8 Å². The Kier molecular flexibility index (Phi) is 5.26. The number of halogens is 3. The van der Waals surface area contributed by atoms with Gasteiger partial charge >= 0.3 is 0 Å². The minimum atomic E-state index is -1.20. The second kappa shape index (κ2) is 7.45. The third-order valence-corrected chi connectivity index (χ3v) is 4.54. The molecule has 0 atom stereocenters. The van der Waals surface area contributed by atoms with Gasteiger partial charge in [0, 0.05) is 42.1 Å². The molecule has 1 saturated heterocycles. The maximum Gasteiger partial charge on any atom is 0.253 e. The third kappa shape index (κ3) is 4.21. The van der Waals surface area contributed by atoms with Crippen LogP contribution in [0.1, 0.15) is 28.8 Å². The fraction of sp³-hybridized carbons (Fsp3) is 0.250. The van der Waals surface area contributed by atoms with Crippen molar-refractivity contribution < 1.29 is 18.7 Å². The van der Waals surface area contributed by atoms with Crippen molar-refractivity contribution in [2.45, 2.75) is 18.4 Å². The molecular weight excluding hydrogens is 360 g/mol. The maximum absolute atomic E-state index is 13.3. The van der Waals surface area contributed by atoms with E-state index in [1.165, 1.54) is 11.0 Å². The van der Waals surface area contributed by atoms with Gasteiger partial charge in [0.15, 0.2) is 11.6 Å². The van der Waals surface area contributed by atoms with E-state index < -0.39 is 23.1 Å². The minimum Gasteiger partial charge on any atom is -0.377 e. The molecule has 6 heteroatoms. The summed E-state index contributed by atoms with van der Waals surface area (Å²) in [5.74, 6) is 3.31. The van der Waals surface area contributed by atoms with E-state index in [9.17, 15) is 18.7 Å². The highest BCUT2D eigenvalue weighted by atomic mass is 35.5. The molecule has 0 aliphatic carbocycles. The summed E-state index contributed by atoms with van der Waals surface area (Å²) in [5, 5.41) is 11.2. The Hall–Kier alpha value is -2.42. The SMILES string of the molecule is O=C(c1ccc(F)c(F)c1)N1CCC(O)(C#Cc2cccc(Cl)c2)CC1. The first kappa shape index (κ1) is 18.4. The number of carbonyl (C=O) groups is 1. The number of likely N-dealkylation sites (tertiary alicyclic amines) is 1. The van der Waals surface area contributed by atoms with Crippen molar-refractivity contribution in [1.82, 2.24) is 4.90 Å². The number of hydrogen-bond donors (Lipinski definition) is 1. The van der Waals surface area contributed by atoms with Gasteiger partial charge in [-0.1, -0.05) is 29.5 Å². The second-order valence-electron chi connectivity index (χ2n) is 6.21. The molecule has 0 bridgehead atoms. The largest absolute Gasteiger partial charge is 0.377 e. The van der Waals surface area contributed by atoms with Crippen LogP contribution >= 0.6 is 11.6 Å². The normalized spacial score (nSPS) is 15.9. The van der Waals surface area contributed by atoms with Gasteiger partial charge < -0.3 is 10.0 Å². The molecule has 0 unspecified atom stereocenters. The van der Waals surface area contributed by atoms with E-state index in [-0.39, 0.29) is 31.5 Å². The van der Waals surface area contributed by atoms with Gasteiger partial charge in [-0.2, -0.15) is 0 Å². The van der Waals surface area contributed by atoms with E-state index in [1.807, 2.05) is 0 Å². The highest BCUT2D eigenvalue weighted by Gasteiger charge is 2.32. The predicted octanol–water partition coefficient (Wildman–Crippen LogP) is 3.64. The first-order valence-corrected chi connectivity index (χ1v) is 8.50.